The Morgan fingerprint density at radius 3 is 2.33 bits per heavy atom. The maximum Gasteiger partial charge on any atom is 0.261 e. The molecule has 4 aromatic rings. The summed E-state index contributed by atoms with van der Waals surface area (Å²) in [5.74, 6) is 1.00. The third kappa shape index (κ3) is 5.50. The van der Waals surface area contributed by atoms with Crippen LogP contribution in [0.5, 0.6) is 5.75 Å². The summed E-state index contributed by atoms with van der Waals surface area (Å²) < 4.78 is 13.0. The van der Waals surface area contributed by atoms with Crippen LogP contribution in [0.15, 0.2) is 65.5 Å². The first-order valence-corrected chi connectivity index (χ1v) is 11.5. The molecule has 0 unspecified atom stereocenters. The summed E-state index contributed by atoms with van der Waals surface area (Å²) in [6.45, 7) is 3.14. The van der Waals surface area contributed by atoms with Gasteiger partial charge in [-0.25, -0.2) is 4.98 Å². The largest absolute Gasteiger partial charge is 0.488 e. The van der Waals surface area contributed by atoms with Crippen molar-refractivity contribution in [1.29, 1.82) is 0 Å². The second-order valence-electron chi connectivity index (χ2n) is 7.43. The van der Waals surface area contributed by atoms with E-state index in [0.29, 0.717) is 57.3 Å². The Kier molecular flexibility index (Phi) is 7.56. The van der Waals surface area contributed by atoms with Crippen LogP contribution in [0.1, 0.15) is 5.56 Å². The predicted octanol–water partition coefficient (Wildman–Crippen LogP) is 6.43. The van der Waals surface area contributed by atoms with Crippen LogP contribution in [-0.4, -0.2) is 29.4 Å². The van der Waals surface area contributed by atoms with Gasteiger partial charge in [0.1, 0.15) is 12.4 Å². The number of nitrogens with zero attached hydrogens (tertiary/aromatic N) is 2. The van der Waals surface area contributed by atoms with E-state index in [4.69, 9.17) is 49.3 Å². The first-order chi connectivity index (χ1) is 15.9. The zero-order chi connectivity index (χ0) is 23.4. The highest BCUT2D eigenvalue weighted by molar-refractivity contribution is 6.37. The Hall–Kier alpha value is -2.57. The van der Waals surface area contributed by atoms with Crippen molar-refractivity contribution >= 4 is 45.7 Å². The average molecular weight is 504 g/mol. The molecule has 0 radical (unpaired) electrons. The fourth-order valence-corrected chi connectivity index (χ4v) is 4.31. The first-order valence-electron chi connectivity index (χ1n) is 10.4. The molecule has 0 aliphatic carbocycles. The molecule has 0 atom stereocenters. The molecule has 0 bridgehead atoms. The lowest BCUT2D eigenvalue weighted by Gasteiger charge is -2.15. The number of ether oxygens (including phenoxy) is 2. The molecule has 1 heterocycles. The molecule has 4 rings (SSSR count). The lowest BCUT2D eigenvalue weighted by molar-refractivity contribution is 0.0941. The van der Waals surface area contributed by atoms with Crippen molar-refractivity contribution in [2.45, 2.75) is 13.5 Å². The smallest absolute Gasteiger partial charge is 0.261 e. The van der Waals surface area contributed by atoms with Crippen LogP contribution >= 0.6 is 34.8 Å². The number of aromatic nitrogens is 2. The van der Waals surface area contributed by atoms with E-state index in [2.05, 4.69) is 0 Å². The molecule has 5 nitrogen and oxygen atoms in total. The molecule has 0 saturated heterocycles. The SMILES string of the molecule is Cc1cc(Cl)c(OCCOCCn2c(-c3ccc(Cl)cc3)nc3ccccc3c2=O)c(Cl)c1. The van der Waals surface area contributed by atoms with E-state index in [1.54, 1.807) is 34.9 Å². The van der Waals surface area contributed by atoms with Gasteiger partial charge in [-0.1, -0.05) is 46.9 Å². The summed E-state index contributed by atoms with van der Waals surface area (Å²) >= 11 is 18.4. The van der Waals surface area contributed by atoms with Crippen molar-refractivity contribution in [1.82, 2.24) is 9.55 Å². The van der Waals surface area contributed by atoms with E-state index < -0.39 is 0 Å². The zero-order valence-corrected chi connectivity index (χ0v) is 20.1. The van der Waals surface area contributed by atoms with Gasteiger partial charge in [0.15, 0.2) is 5.75 Å². The van der Waals surface area contributed by atoms with Crippen molar-refractivity contribution in [2.24, 2.45) is 0 Å². The summed E-state index contributed by atoms with van der Waals surface area (Å²) in [6, 6.07) is 18.1. The topological polar surface area (TPSA) is 53.4 Å². The Morgan fingerprint density at radius 2 is 1.61 bits per heavy atom. The summed E-state index contributed by atoms with van der Waals surface area (Å²) in [4.78, 5) is 17.9. The van der Waals surface area contributed by atoms with Gasteiger partial charge < -0.3 is 9.47 Å². The summed E-state index contributed by atoms with van der Waals surface area (Å²) in [7, 11) is 0. The average Bonchev–Trinajstić information content (AvgIpc) is 2.79. The maximum atomic E-state index is 13.2. The molecule has 0 spiro atoms. The number of fused-ring (bicyclic) bond motifs is 1. The van der Waals surface area contributed by atoms with Crippen molar-refractivity contribution in [3.63, 3.8) is 0 Å². The van der Waals surface area contributed by atoms with Crippen molar-refractivity contribution < 1.29 is 9.47 Å². The molecule has 3 aromatic carbocycles. The molecule has 0 aliphatic heterocycles. The standard InChI is InChI=1S/C25H21Cl3N2O3/c1-16-14-20(27)23(21(28)15-16)33-13-12-32-11-10-30-24(17-6-8-18(26)9-7-17)29-22-5-3-2-4-19(22)25(30)31/h2-9,14-15H,10-13H2,1H3. The Balaban J connectivity index is 1.46. The number of hydrogen-bond donors (Lipinski definition) is 0. The number of aryl methyl sites for hydroxylation is 1. The van der Waals surface area contributed by atoms with E-state index in [-0.39, 0.29) is 12.2 Å². The van der Waals surface area contributed by atoms with Crippen LogP contribution in [0, 0.1) is 6.92 Å². The molecule has 0 fully saturated rings. The molecular formula is C25H21Cl3N2O3. The van der Waals surface area contributed by atoms with Gasteiger partial charge in [-0.3, -0.25) is 9.36 Å². The normalized spacial score (nSPS) is 11.2. The molecule has 170 valence electrons. The highest BCUT2D eigenvalue weighted by atomic mass is 35.5. The predicted molar refractivity (Wildman–Crippen MR) is 134 cm³/mol. The van der Waals surface area contributed by atoms with E-state index in [0.717, 1.165) is 11.1 Å². The molecule has 1 aromatic heterocycles. The third-order valence-electron chi connectivity index (χ3n) is 5.04. The first kappa shape index (κ1) is 23.6. The molecule has 8 heteroatoms. The molecule has 0 amide bonds. The summed E-state index contributed by atoms with van der Waals surface area (Å²) in [5, 5.41) is 2.09. The fourth-order valence-electron chi connectivity index (χ4n) is 3.48. The minimum Gasteiger partial charge on any atom is -0.488 e. The van der Waals surface area contributed by atoms with Crippen LogP contribution in [0.4, 0.5) is 0 Å². The Labute approximate surface area is 206 Å². The summed E-state index contributed by atoms with van der Waals surface area (Å²) in [5.41, 5.74) is 2.28. The minimum absolute atomic E-state index is 0.122. The van der Waals surface area contributed by atoms with Gasteiger partial charge in [-0.15, -0.1) is 0 Å². The van der Waals surface area contributed by atoms with Crippen LogP contribution in [0.2, 0.25) is 15.1 Å². The lowest BCUT2D eigenvalue weighted by atomic mass is 10.2. The quantitative estimate of drug-likeness (QED) is 0.260. The second kappa shape index (κ2) is 10.6. The number of para-hydroxylation sites is 1. The van der Waals surface area contributed by atoms with Gasteiger partial charge in [0.05, 0.1) is 40.7 Å². The van der Waals surface area contributed by atoms with Crippen molar-refractivity contribution in [3.8, 4) is 17.1 Å². The monoisotopic (exact) mass is 502 g/mol. The Bertz CT molecular complexity index is 1310. The van der Waals surface area contributed by atoms with Gasteiger partial charge in [-0.2, -0.15) is 0 Å². The van der Waals surface area contributed by atoms with E-state index in [9.17, 15) is 4.79 Å². The third-order valence-corrected chi connectivity index (χ3v) is 5.85. The van der Waals surface area contributed by atoms with Crippen LogP contribution in [0.25, 0.3) is 22.3 Å². The van der Waals surface area contributed by atoms with Gasteiger partial charge in [-0.05, 0) is 61.0 Å². The molecule has 33 heavy (non-hydrogen) atoms. The molecular weight excluding hydrogens is 483 g/mol. The maximum absolute atomic E-state index is 13.2. The van der Waals surface area contributed by atoms with Gasteiger partial charge in [0, 0.05) is 10.6 Å². The van der Waals surface area contributed by atoms with E-state index in [1.807, 2.05) is 37.3 Å². The van der Waals surface area contributed by atoms with Gasteiger partial charge in [0.25, 0.3) is 5.56 Å². The second-order valence-corrected chi connectivity index (χ2v) is 8.69. The van der Waals surface area contributed by atoms with Gasteiger partial charge >= 0.3 is 0 Å². The number of benzene rings is 3. The Morgan fingerprint density at radius 1 is 0.909 bits per heavy atom. The van der Waals surface area contributed by atoms with Crippen molar-refractivity contribution in [3.05, 3.63) is 91.6 Å². The molecule has 0 N–H and O–H groups in total. The van der Waals surface area contributed by atoms with Crippen LogP contribution in [0.3, 0.4) is 0 Å². The number of hydrogen-bond acceptors (Lipinski definition) is 4. The lowest BCUT2D eigenvalue weighted by Crippen LogP contribution is -2.26. The zero-order valence-electron chi connectivity index (χ0n) is 17.9. The number of rotatable bonds is 8. The molecule has 0 saturated carbocycles. The van der Waals surface area contributed by atoms with Crippen molar-refractivity contribution in [2.75, 3.05) is 19.8 Å². The van der Waals surface area contributed by atoms with E-state index in [1.165, 1.54) is 0 Å². The highest BCUT2D eigenvalue weighted by Crippen LogP contribution is 2.33. The summed E-state index contributed by atoms with van der Waals surface area (Å²) in [6.07, 6.45) is 0. The molecule has 0 aliphatic rings. The van der Waals surface area contributed by atoms with Crippen LogP contribution < -0.4 is 10.3 Å². The fraction of sp³-hybridized carbons (Fsp3) is 0.200. The number of halogens is 3. The van der Waals surface area contributed by atoms with E-state index >= 15 is 0 Å². The van der Waals surface area contributed by atoms with Gasteiger partial charge in [0.2, 0.25) is 0 Å². The van der Waals surface area contributed by atoms with Crippen LogP contribution in [-0.2, 0) is 11.3 Å². The highest BCUT2D eigenvalue weighted by Gasteiger charge is 2.13. The minimum atomic E-state index is -0.122.